The maximum absolute atomic E-state index is 11.6. The molecule has 5 nitrogen and oxygen atoms in total. The summed E-state index contributed by atoms with van der Waals surface area (Å²) in [5.41, 5.74) is 0.570. The first kappa shape index (κ1) is 14.5. The van der Waals surface area contributed by atoms with Crippen molar-refractivity contribution in [1.82, 2.24) is 0 Å². The zero-order valence-corrected chi connectivity index (χ0v) is 11.5. The molecule has 0 aliphatic heterocycles. The number of benzene rings is 1. The number of carboxylic acids is 1. The molecule has 0 aliphatic carbocycles. The highest BCUT2D eigenvalue weighted by molar-refractivity contribution is 9.10. The van der Waals surface area contributed by atoms with Crippen LogP contribution in [0.1, 0.15) is 19.3 Å². The first-order valence-corrected chi connectivity index (χ1v) is 6.17. The van der Waals surface area contributed by atoms with Gasteiger partial charge in [0.25, 0.3) is 0 Å². The fraction of sp³-hybridized carbons (Fsp3) is 0.333. The predicted octanol–water partition coefficient (Wildman–Crippen LogP) is 2.65. The van der Waals surface area contributed by atoms with E-state index in [1.165, 1.54) is 7.11 Å². The van der Waals surface area contributed by atoms with Gasteiger partial charge in [-0.2, -0.15) is 0 Å². The van der Waals surface area contributed by atoms with Crippen LogP contribution in [0.5, 0.6) is 5.75 Å². The van der Waals surface area contributed by atoms with E-state index < -0.39 is 5.97 Å². The van der Waals surface area contributed by atoms with E-state index in [0.717, 1.165) is 4.47 Å². The van der Waals surface area contributed by atoms with Crippen molar-refractivity contribution in [1.29, 1.82) is 0 Å². The fourth-order valence-electron chi connectivity index (χ4n) is 1.38. The Morgan fingerprint density at radius 2 is 2.11 bits per heavy atom. The third kappa shape index (κ3) is 4.75. The number of rotatable bonds is 6. The number of hydrogen-bond donors (Lipinski definition) is 2. The summed E-state index contributed by atoms with van der Waals surface area (Å²) in [5.74, 6) is -0.572. The Balaban J connectivity index is 2.56. The van der Waals surface area contributed by atoms with E-state index in [4.69, 9.17) is 9.84 Å². The van der Waals surface area contributed by atoms with E-state index in [2.05, 4.69) is 21.2 Å². The van der Waals surface area contributed by atoms with Gasteiger partial charge in [-0.1, -0.05) is 15.9 Å². The van der Waals surface area contributed by atoms with Crippen LogP contribution in [-0.2, 0) is 9.59 Å². The molecule has 18 heavy (non-hydrogen) atoms. The Morgan fingerprint density at radius 3 is 2.72 bits per heavy atom. The minimum atomic E-state index is -0.899. The number of aliphatic carboxylic acids is 1. The molecule has 0 unspecified atom stereocenters. The molecule has 1 aromatic carbocycles. The highest BCUT2D eigenvalue weighted by Crippen LogP contribution is 2.28. The third-order valence-electron chi connectivity index (χ3n) is 2.23. The van der Waals surface area contributed by atoms with Gasteiger partial charge in [-0.05, 0) is 24.6 Å². The summed E-state index contributed by atoms with van der Waals surface area (Å²) in [6.45, 7) is 0. The smallest absolute Gasteiger partial charge is 0.303 e. The van der Waals surface area contributed by atoms with Crippen LogP contribution in [-0.4, -0.2) is 24.1 Å². The number of amides is 1. The van der Waals surface area contributed by atoms with Gasteiger partial charge in [-0.25, -0.2) is 0 Å². The quantitative estimate of drug-likeness (QED) is 0.846. The molecule has 0 saturated heterocycles. The van der Waals surface area contributed by atoms with Crippen LogP contribution >= 0.6 is 15.9 Å². The van der Waals surface area contributed by atoms with Crippen LogP contribution in [0.3, 0.4) is 0 Å². The average molecular weight is 316 g/mol. The van der Waals surface area contributed by atoms with E-state index in [1.807, 2.05) is 0 Å². The lowest BCUT2D eigenvalue weighted by Gasteiger charge is -2.10. The van der Waals surface area contributed by atoms with Gasteiger partial charge in [0.1, 0.15) is 5.75 Å². The summed E-state index contributed by atoms with van der Waals surface area (Å²) in [6, 6.07) is 5.25. The lowest BCUT2D eigenvalue weighted by atomic mass is 10.2. The summed E-state index contributed by atoms with van der Waals surface area (Å²) < 4.78 is 5.98. The van der Waals surface area contributed by atoms with E-state index >= 15 is 0 Å². The summed E-state index contributed by atoms with van der Waals surface area (Å²) >= 11 is 3.30. The van der Waals surface area contributed by atoms with Crippen LogP contribution in [0, 0.1) is 0 Å². The second kappa shape index (κ2) is 7.00. The average Bonchev–Trinajstić information content (AvgIpc) is 2.31. The highest BCUT2D eigenvalue weighted by atomic mass is 79.9. The third-order valence-corrected chi connectivity index (χ3v) is 2.73. The Hall–Kier alpha value is -1.56. The van der Waals surface area contributed by atoms with E-state index in [1.54, 1.807) is 18.2 Å². The Kier molecular flexibility index (Phi) is 5.64. The van der Waals surface area contributed by atoms with E-state index in [9.17, 15) is 9.59 Å². The normalized spacial score (nSPS) is 9.89. The standard InChI is InChI=1S/C12H14BrNO4/c1-18-10-7-8(13)5-6-9(10)14-11(15)3-2-4-12(16)17/h5-7H,2-4H2,1H3,(H,14,15)(H,16,17). The van der Waals surface area contributed by atoms with Crippen molar-refractivity contribution in [2.24, 2.45) is 0 Å². The molecular weight excluding hydrogens is 302 g/mol. The van der Waals surface area contributed by atoms with Crippen molar-refractivity contribution >= 4 is 33.5 Å². The number of halogens is 1. The van der Waals surface area contributed by atoms with Gasteiger partial charge in [0, 0.05) is 17.3 Å². The largest absolute Gasteiger partial charge is 0.495 e. The molecule has 0 radical (unpaired) electrons. The van der Waals surface area contributed by atoms with Crippen molar-refractivity contribution in [2.45, 2.75) is 19.3 Å². The number of carboxylic acid groups (broad SMARTS) is 1. The molecule has 0 aromatic heterocycles. The summed E-state index contributed by atoms with van der Waals surface area (Å²) in [5, 5.41) is 11.2. The summed E-state index contributed by atoms with van der Waals surface area (Å²) in [6.07, 6.45) is 0.483. The van der Waals surface area contributed by atoms with Gasteiger partial charge in [-0.15, -0.1) is 0 Å². The molecule has 0 bridgehead atoms. The molecule has 0 heterocycles. The SMILES string of the molecule is COc1cc(Br)ccc1NC(=O)CCCC(=O)O. The van der Waals surface area contributed by atoms with Gasteiger partial charge < -0.3 is 15.2 Å². The van der Waals surface area contributed by atoms with Crippen LogP contribution < -0.4 is 10.1 Å². The van der Waals surface area contributed by atoms with Gasteiger partial charge in [-0.3, -0.25) is 9.59 Å². The Morgan fingerprint density at radius 1 is 1.39 bits per heavy atom. The van der Waals surface area contributed by atoms with Crippen molar-refractivity contribution in [3.63, 3.8) is 0 Å². The topological polar surface area (TPSA) is 75.6 Å². The van der Waals surface area contributed by atoms with Crippen molar-refractivity contribution < 1.29 is 19.4 Å². The fourth-order valence-corrected chi connectivity index (χ4v) is 1.72. The molecule has 0 saturated carbocycles. The molecule has 2 N–H and O–H groups in total. The maximum Gasteiger partial charge on any atom is 0.303 e. The van der Waals surface area contributed by atoms with Crippen LogP contribution in [0.2, 0.25) is 0 Å². The maximum atomic E-state index is 11.6. The lowest BCUT2D eigenvalue weighted by molar-refractivity contribution is -0.137. The van der Waals surface area contributed by atoms with Gasteiger partial charge in [0.15, 0.2) is 0 Å². The minimum absolute atomic E-state index is 0.00903. The van der Waals surface area contributed by atoms with Crippen LogP contribution in [0.4, 0.5) is 5.69 Å². The number of carbonyl (C=O) groups is 2. The molecule has 6 heteroatoms. The van der Waals surface area contributed by atoms with Crippen molar-refractivity contribution in [3.05, 3.63) is 22.7 Å². The van der Waals surface area contributed by atoms with Gasteiger partial charge in [0.2, 0.25) is 5.91 Å². The predicted molar refractivity (Wildman–Crippen MR) is 70.8 cm³/mol. The zero-order valence-electron chi connectivity index (χ0n) is 9.90. The minimum Gasteiger partial charge on any atom is -0.495 e. The monoisotopic (exact) mass is 315 g/mol. The summed E-state index contributed by atoms with van der Waals surface area (Å²) in [4.78, 5) is 21.9. The number of hydrogen-bond acceptors (Lipinski definition) is 3. The lowest BCUT2D eigenvalue weighted by Crippen LogP contribution is -2.12. The second-order valence-electron chi connectivity index (χ2n) is 3.64. The highest BCUT2D eigenvalue weighted by Gasteiger charge is 2.08. The van der Waals surface area contributed by atoms with Gasteiger partial charge >= 0.3 is 5.97 Å². The number of nitrogens with one attached hydrogen (secondary N) is 1. The van der Waals surface area contributed by atoms with Crippen LogP contribution in [0.15, 0.2) is 22.7 Å². The summed E-state index contributed by atoms with van der Waals surface area (Å²) in [7, 11) is 1.52. The van der Waals surface area contributed by atoms with Crippen molar-refractivity contribution in [2.75, 3.05) is 12.4 Å². The zero-order chi connectivity index (χ0) is 13.5. The molecule has 0 aliphatic rings. The van der Waals surface area contributed by atoms with E-state index in [0.29, 0.717) is 17.9 Å². The molecule has 1 amide bonds. The number of carbonyl (C=O) groups excluding carboxylic acids is 1. The number of methoxy groups -OCH3 is 1. The van der Waals surface area contributed by atoms with Gasteiger partial charge in [0.05, 0.1) is 12.8 Å². The van der Waals surface area contributed by atoms with Crippen molar-refractivity contribution in [3.8, 4) is 5.75 Å². The molecular formula is C12H14BrNO4. The molecule has 0 spiro atoms. The molecule has 98 valence electrons. The second-order valence-corrected chi connectivity index (χ2v) is 4.56. The first-order chi connectivity index (χ1) is 8.52. The van der Waals surface area contributed by atoms with Crippen LogP contribution in [0.25, 0.3) is 0 Å². The Labute approximate surface area is 113 Å². The molecule has 0 fully saturated rings. The van der Waals surface area contributed by atoms with E-state index in [-0.39, 0.29) is 18.7 Å². The molecule has 1 rings (SSSR count). The number of anilines is 1. The first-order valence-electron chi connectivity index (χ1n) is 5.38. The molecule has 0 atom stereocenters. The Bertz CT molecular complexity index is 448. The number of ether oxygens (including phenoxy) is 1. The molecule has 1 aromatic rings.